The summed E-state index contributed by atoms with van der Waals surface area (Å²) in [5.74, 6) is 0.629. The van der Waals surface area contributed by atoms with Crippen molar-refractivity contribution in [2.45, 2.75) is 13.5 Å². The van der Waals surface area contributed by atoms with Crippen molar-refractivity contribution >= 4 is 32.6 Å². The van der Waals surface area contributed by atoms with Gasteiger partial charge in [-0.05, 0) is 42.8 Å². The van der Waals surface area contributed by atoms with Gasteiger partial charge in [-0.2, -0.15) is 0 Å². The van der Waals surface area contributed by atoms with Crippen LogP contribution in [0.4, 0.5) is 5.13 Å². The van der Waals surface area contributed by atoms with Crippen LogP contribution in [0.3, 0.4) is 0 Å². The molecular formula is C22H19N3O2S. The molecule has 2 heterocycles. The summed E-state index contributed by atoms with van der Waals surface area (Å²) < 4.78 is 6.56. The summed E-state index contributed by atoms with van der Waals surface area (Å²) in [5.41, 5.74) is 2.27. The lowest BCUT2D eigenvalue weighted by molar-refractivity contribution is 0.0980. The van der Waals surface area contributed by atoms with Crippen molar-refractivity contribution in [2.24, 2.45) is 0 Å². The molecular weight excluding hydrogens is 370 g/mol. The summed E-state index contributed by atoms with van der Waals surface area (Å²) in [6.45, 7) is 2.99. The van der Waals surface area contributed by atoms with Crippen molar-refractivity contribution in [1.29, 1.82) is 0 Å². The average molecular weight is 389 g/mol. The van der Waals surface area contributed by atoms with Gasteiger partial charge in [-0.15, -0.1) is 0 Å². The molecule has 0 atom stereocenters. The van der Waals surface area contributed by atoms with E-state index in [9.17, 15) is 4.79 Å². The van der Waals surface area contributed by atoms with Crippen LogP contribution in [0.5, 0.6) is 5.75 Å². The predicted octanol–water partition coefficient (Wildman–Crippen LogP) is 4.94. The first-order valence-electron chi connectivity index (χ1n) is 9.05. The fourth-order valence-electron chi connectivity index (χ4n) is 2.88. The van der Waals surface area contributed by atoms with Gasteiger partial charge in [0, 0.05) is 6.20 Å². The molecule has 28 heavy (non-hydrogen) atoms. The van der Waals surface area contributed by atoms with Gasteiger partial charge in [0.05, 0.1) is 23.4 Å². The Morgan fingerprint density at radius 3 is 2.64 bits per heavy atom. The van der Waals surface area contributed by atoms with E-state index in [1.54, 1.807) is 23.2 Å². The van der Waals surface area contributed by atoms with Gasteiger partial charge >= 0.3 is 0 Å². The summed E-state index contributed by atoms with van der Waals surface area (Å²) in [7, 11) is 0. The van der Waals surface area contributed by atoms with E-state index in [1.807, 2.05) is 61.5 Å². The fourth-order valence-corrected chi connectivity index (χ4v) is 3.88. The molecule has 0 spiro atoms. The Hall–Kier alpha value is -3.25. The lowest BCUT2D eigenvalue weighted by Gasteiger charge is -2.19. The first-order valence-corrected chi connectivity index (χ1v) is 9.86. The maximum atomic E-state index is 13.2. The number of amides is 1. The zero-order chi connectivity index (χ0) is 19.3. The third-order valence-corrected chi connectivity index (χ3v) is 5.24. The van der Waals surface area contributed by atoms with Gasteiger partial charge in [0.15, 0.2) is 5.13 Å². The number of nitrogens with zero attached hydrogens (tertiary/aromatic N) is 3. The molecule has 1 amide bonds. The van der Waals surface area contributed by atoms with Crippen molar-refractivity contribution in [1.82, 2.24) is 9.97 Å². The largest absolute Gasteiger partial charge is 0.494 e. The van der Waals surface area contributed by atoms with Gasteiger partial charge in [-0.25, -0.2) is 4.98 Å². The molecule has 0 N–H and O–H groups in total. The van der Waals surface area contributed by atoms with Crippen molar-refractivity contribution in [2.75, 3.05) is 11.5 Å². The second-order valence-corrected chi connectivity index (χ2v) is 7.16. The molecule has 6 heteroatoms. The normalized spacial score (nSPS) is 10.8. The molecule has 5 nitrogen and oxygen atoms in total. The summed E-state index contributed by atoms with van der Waals surface area (Å²) in [6.07, 6.45) is 1.63. The molecule has 0 fully saturated rings. The summed E-state index contributed by atoms with van der Waals surface area (Å²) >= 11 is 1.47. The van der Waals surface area contributed by atoms with E-state index in [0.29, 0.717) is 24.0 Å². The van der Waals surface area contributed by atoms with E-state index in [0.717, 1.165) is 21.5 Å². The van der Waals surface area contributed by atoms with Gasteiger partial charge in [0.25, 0.3) is 5.91 Å². The van der Waals surface area contributed by atoms with Crippen molar-refractivity contribution < 1.29 is 9.53 Å². The quantitative estimate of drug-likeness (QED) is 0.469. The minimum atomic E-state index is -0.173. The maximum Gasteiger partial charge on any atom is 0.278 e. The molecule has 0 saturated heterocycles. The number of carbonyl (C=O) groups is 1. The topological polar surface area (TPSA) is 55.3 Å². The Kier molecular flexibility index (Phi) is 5.30. The number of benzene rings is 2. The second-order valence-electron chi connectivity index (χ2n) is 6.15. The number of carbonyl (C=O) groups excluding carboxylic acids is 1. The van der Waals surface area contributed by atoms with Gasteiger partial charge < -0.3 is 4.74 Å². The van der Waals surface area contributed by atoms with Crippen LogP contribution >= 0.6 is 11.3 Å². The number of aromatic nitrogens is 2. The summed E-state index contributed by atoms with van der Waals surface area (Å²) in [5, 5.41) is 0.642. The SMILES string of the molecule is CCOc1ccc2nc(N(Cc3ccccc3)C(=O)c3ccccn3)sc2c1. The minimum absolute atomic E-state index is 0.173. The van der Waals surface area contributed by atoms with E-state index >= 15 is 0 Å². The van der Waals surface area contributed by atoms with Gasteiger partial charge in [-0.3, -0.25) is 14.7 Å². The van der Waals surface area contributed by atoms with E-state index < -0.39 is 0 Å². The van der Waals surface area contributed by atoms with Crippen LogP contribution in [0.1, 0.15) is 23.0 Å². The molecule has 0 aliphatic carbocycles. The van der Waals surface area contributed by atoms with Crippen LogP contribution in [0.15, 0.2) is 72.9 Å². The van der Waals surface area contributed by atoms with Crippen LogP contribution in [-0.2, 0) is 6.54 Å². The smallest absolute Gasteiger partial charge is 0.278 e. The summed E-state index contributed by atoms with van der Waals surface area (Å²) in [6, 6.07) is 21.0. The highest BCUT2D eigenvalue weighted by molar-refractivity contribution is 7.22. The molecule has 0 aliphatic heterocycles. The molecule has 4 aromatic rings. The molecule has 0 saturated carbocycles. The molecule has 4 rings (SSSR count). The Morgan fingerprint density at radius 1 is 1.07 bits per heavy atom. The lowest BCUT2D eigenvalue weighted by Crippen LogP contribution is -2.31. The van der Waals surface area contributed by atoms with Crippen LogP contribution in [0.25, 0.3) is 10.2 Å². The number of pyridine rings is 1. The third kappa shape index (κ3) is 3.87. The first-order chi connectivity index (χ1) is 13.7. The second kappa shape index (κ2) is 8.19. The van der Waals surface area contributed by atoms with Gasteiger partial charge in [-0.1, -0.05) is 47.7 Å². The number of fused-ring (bicyclic) bond motifs is 1. The molecule has 140 valence electrons. The number of hydrogen-bond acceptors (Lipinski definition) is 5. The van der Waals surface area contributed by atoms with Crippen molar-refractivity contribution in [3.05, 3.63) is 84.2 Å². The van der Waals surface area contributed by atoms with Crippen LogP contribution < -0.4 is 9.64 Å². The zero-order valence-electron chi connectivity index (χ0n) is 15.4. The highest BCUT2D eigenvalue weighted by Gasteiger charge is 2.22. The molecule has 0 bridgehead atoms. The van der Waals surface area contributed by atoms with E-state index in [1.165, 1.54) is 11.3 Å². The Bertz CT molecular complexity index is 1080. The standard InChI is InChI=1S/C22H19N3O2S/c1-2-27-17-11-12-18-20(14-17)28-22(24-18)25(15-16-8-4-3-5-9-16)21(26)19-10-6-7-13-23-19/h3-14H,2,15H2,1H3. The predicted molar refractivity (Wildman–Crippen MR) is 112 cm³/mol. The van der Waals surface area contributed by atoms with Crippen molar-refractivity contribution in [3.63, 3.8) is 0 Å². The number of rotatable bonds is 6. The van der Waals surface area contributed by atoms with Crippen LogP contribution in [0, 0.1) is 0 Å². The highest BCUT2D eigenvalue weighted by Crippen LogP contribution is 2.33. The Morgan fingerprint density at radius 2 is 1.89 bits per heavy atom. The zero-order valence-corrected chi connectivity index (χ0v) is 16.2. The molecule has 2 aromatic heterocycles. The van der Waals surface area contributed by atoms with Crippen molar-refractivity contribution in [3.8, 4) is 5.75 Å². The highest BCUT2D eigenvalue weighted by atomic mass is 32.1. The fraction of sp³-hybridized carbons (Fsp3) is 0.136. The number of thiazole rings is 1. The molecule has 0 radical (unpaired) electrons. The third-order valence-electron chi connectivity index (χ3n) is 4.20. The Balaban J connectivity index is 1.74. The first kappa shape index (κ1) is 18.1. The minimum Gasteiger partial charge on any atom is -0.494 e. The molecule has 0 aliphatic rings. The van der Waals surface area contributed by atoms with Crippen LogP contribution in [0.2, 0.25) is 0 Å². The average Bonchev–Trinajstić information content (AvgIpc) is 3.16. The van der Waals surface area contributed by atoms with Gasteiger partial charge in [0.1, 0.15) is 11.4 Å². The maximum absolute atomic E-state index is 13.2. The van der Waals surface area contributed by atoms with E-state index in [-0.39, 0.29) is 5.91 Å². The summed E-state index contributed by atoms with van der Waals surface area (Å²) in [4.78, 5) is 23.8. The Labute approximate surface area is 167 Å². The number of anilines is 1. The monoisotopic (exact) mass is 389 g/mol. The van der Waals surface area contributed by atoms with Gasteiger partial charge in [0.2, 0.25) is 0 Å². The number of hydrogen-bond donors (Lipinski definition) is 0. The van der Waals surface area contributed by atoms with E-state index in [2.05, 4.69) is 4.98 Å². The van der Waals surface area contributed by atoms with E-state index in [4.69, 9.17) is 9.72 Å². The molecule has 0 unspecified atom stereocenters. The molecule has 2 aromatic carbocycles. The number of ether oxygens (including phenoxy) is 1. The lowest BCUT2D eigenvalue weighted by atomic mass is 10.2. The van der Waals surface area contributed by atoms with Crippen LogP contribution in [-0.4, -0.2) is 22.5 Å².